The van der Waals surface area contributed by atoms with Crippen LogP contribution in [-0.2, 0) is 15.8 Å². The van der Waals surface area contributed by atoms with E-state index >= 15 is 0 Å². The van der Waals surface area contributed by atoms with E-state index in [9.17, 15) is 17.5 Å². The number of imidazole rings is 1. The molecule has 0 aromatic carbocycles. The Kier molecular flexibility index (Phi) is 5.44. The molecule has 8 nitrogen and oxygen atoms in total. The highest BCUT2D eigenvalue weighted by Gasteiger charge is 2.42. The van der Waals surface area contributed by atoms with Gasteiger partial charge in [0.25, 0.3) is 6.43 Å². The van der Waals surface area contributed by atoms with Crippen LogP contribution in [0, 0.1) is 16.2 Å². The fourth-order valence-corrected chi connectivity index (χ4v) is 4.84. The van der Waals surface area contributed by atoms with Crippen molar-refractivity contribution in [2.45, 2.75) is 24.2 Å². The fraction of sp³-hybridized carbons (Fsp3) is 0.471. The number of nitrogens with zero attached hydrogens (tertiary/aromatic N) is 3. The first-order valence-corrected chi connectivity index (χ1v) is 10.8. The van der Waals surface area contributed by atoms with Crippen LogP contribution in [0.1, 0.15) is 18.7 Å². The monoisotopic (exact) mass is 443 g/mol. The molecule has 0 aliphatic carbocycles. The molecule has 0 bridgehead atoms. The Bertz CT molecular complexity index is 1010. The molecular formula is C17H19F2N5O3S2. The average Bonchev–Trinajstić information content (AvgIpc) is 3.41. The summed E-state index contributed by atoms with van der Waals surface area (Å²) in [6.07, 6.45) is 1.84. The molecule has 2 fully saturated rings. The Morgan fingerprint density at radius 2 is 2.21 bits per heavy atom. The van der Waals surface area contributed by atoms with Crippen LogP contribution in [0.3, 0.4) is 0 Å². The summed E-state index contributed by atoms with van der Waals surface area (Å²) in [7, 11) is 0. The molecule has 4 heterocycles. The third-order valence-corrected chi connectivity index (χ3v) is 6.78. The van der Waals surface area contributed by atoms with Gasteiger partial charge >= 0.3 is 0 Å². The summed E-state index contributed by atoms with van der Waals surface area (Å²) in [6, 6.07) is 1.63. The van der Waals surface area contributed by atoms with Gasteiger partial charge in [0.05, 0.1) is 28.9 Å². The SMILES string of the molecule is N=C(SC(=N)C(F)F)c1ncc2c(N3CCC4(CCOC4)C3)cc(S(=O)O)cn12. The first-order chi connectivity index (χ1) is 13.8. The van der Waals surface area contributed by atoms with Gasteiger partial charge in [-0.3, -0.25) is 15.2 Å². The second kappa shape index (κ2) is 7.74. The molecule has 1 spiro atoms. The van der Waals surface area contributed by atoms with Gasteiger partial charge in [-0.15, -0.1) is 0 Å². The minimum atomic E-state index is -2.97. The Morgan fingerprint density at radius 3 is 2.86 bits per heavy atom. The van der Waals surface area contributed by atoms with E-state index in [-0.39, 0.29) is 21.2 Å². The van der Waals surface area contributed by atoms with Crippen molar-refractivity contribution in [3.63, 3.8) is 0 Å². The summed E-state index contributed by atoms with van der Waals surface area (Å²) in [5.41, 5.74) is 1.39. The molecule has 12 heteroatoms. The molecule has 2 aliphatic rings. The third-order valence-electron chi connectivity index (χ3n) is 5.37. The number of pyridine rings is 1. The van der Waals surface area contributed by atoms with Crippen molar-refractivity contribution >= 4 is 44.1 Å². The van der Waals surface area contributed by atoms with E-state index in [2.05, 4.69) is 9.88 Å². The van der Waals surface area contributed by atoms with Gasteiger partial charge in [-0.25, -0.2) is 18.0 Å². The van der Waals surface area contributed by atoms with Gasteiger partial charge in [-0.2, -0.15) is 0 Å². The number of hydrogen-bond donors (Lipinski definition) is 3. The molecule has 2 saturated heterocycles. The lowest BCUT2D eigenvalue weighted by atomic mass is 9.87. The topological polar surface area (TPSA) is 115 Å². The number of halogens is 2. The zero-order valence-electron chi connectivity index (χ0n) is 15.2. The van der Waals surface area contributed by atoms with Crippen LogP contribution >= 0.6 is 11.8 Å². The minimum Gasteiger partial charge on any atom is -0.381 e. The van der Waals surface area contributed by atoms with Gasteiger partial charge in [-0.1, -0.05) is 0 Å². The van der Waals surface area contributed by atoms with Crippen LogP contribution in [0.2, 0.25) is 0 Å². The molecule has 2 aromatic heterocycles. The second-order valence-corrected chi connectivity index (χ2v) is 9.24. The summed E-state index contributed by atoms with van der Waals surface area (Å²) in [4.78, 5) is 6.41. The number of ether oxygens (including phenoxy) is 1. The van der Waals surface area contributed by atoms with Crippen LogP contribution in [0.4, 0.5) is 14.5 Å². The van der Waals surface area contributed by atoms with Crippen molar-refractivity contribution in [1.29, 1.82) is 10.8 Å². The van der Waals surface area contributed by atoms with Crippen molar-refractivity contribution < 1.29 is 22.3 Å². The predicted octanol–water partition coefficient (Wildman–Crippen LogP) is 2.83. The molecule has 29 heavy (non-hydrogen) atoms. The number of nitrogens with one attached hydrogen (secondary N) is 2. The quantitative estimate of drug-likeness (QED) is 0.380. The predicted molar refractivity (Wildman–Crippen MR) is 107 cm³/mol. The van der Waals surface area contributed by atoms with Crippen molar-refractivity contribution in [1.82, 2.24) is 9.38 Å². The highest BCUT2D eigenvalue weighted by molar-refractivity contribution is 8.26. The number of hydrogen-bond acceptors (Lipinski definition) is 7. The van der Waals surface area contributed by atoms with Crippen LogP contribution in [-0.4, -0.2) is 61.0 Å². The number of alkyl halides is 2. The first kappa shape index (κ1) is 20.4. The molecule has 0 radical (unpaired) electrons. The van der Waals surface area contributed by atoms with Crippen LogP contribution in [0.5, 0.6) is 0 Å². The maximum absolute atomic E-state index is 12.7. The largest absolute Gasteiger partial charge is 0.381 e. The van der Waals surface area contributed by atoms with Crippen molar-refractivity contribution in [2.24, 2.45) is 5.41 Å². The second-order valence-electron chi connectivity index (χ2n) is 7.22. The van der Waals surface area contributed by atoms with Gasteiger partial charge in [0.1, 0.15) is 10.1 Å². The molecule has 4 rings (SSSR count). The van der Waals surface area contributed by atoms with Crippen molar-refractivity contribution in [3.05, 3.63) is 24.3 Å². The lowest BCUT2D eigenvalue weighted by Gasteiger charge is -2.24. The number of anilines is 1. The van der Waals surface area contributed by atoms with Gasteiger partial charge < -0.3 is 14.2 Å². The summed E-state index contributed by atoms with van der Waals surface area (Å²) < 4.78 is 53.8. The highest BCUT2D eigenvalue weighted by Crippen LogP contribution is 2.41. The Hall–Kier alpha value is -1.89. The third kappa shape index (κ3) is 3.81. The van der Waals surface area contributed by atoms with E-state index in [1.54, 1.807) is 6.07 Å². The maximum atomic E-state index is 12.7. The standard InChI is InChI=1S/C17H19F2N5O3S2/c18-13(19)14(20)28-15(21)16-22-6-12-11(5-10(29(25)26)7-24(12)16)23-3-1-17(8-23)2-4-27-9-17/h5-7,13,20-21H,1-4,8-9H2,(H,25,26). The molecule has 3 N–H and O–H groups in total. The number of fused-ring (bicyclic) bond motifs is 1. The molecule has 0 saturated carbocycles. The number of rotatable bonds is 4. The van der Waals surface area contributed by atoms with Crippen molar-refractivity contribution in [3.8, 4) is 0 Å². The van der Waals surface area contributed by atoms with E-state index < -0.39 is 22.5 Å². The van der Waals surface area contributed by atoms with E-state index in [1.807, 2.05) is 0 Å². The zero-order chi connectivity index (χ0) is 20.8. The maximum Gasteiger partial charge on any atom is 0.285 e. The van der Waals surface area contributed by atoms with Crippen LogP contribution in [0.25, 0.3) is 5.52 Å². The van der Waals surface area contributed by atoms with Crippen molar-refractivity contribution in [2.75, 3.05) is 31.2 Å². The summed E-state index contributed by atoms with van der Waals surface area (Å²) in [5.74, 6) is 0.0436. The molecule has 0 amide bonds. The lowest BCUT2D eigenvalue weighted by molar-refractivity contribution is 0.160. The van der Waals surface area contributed by atoms with Gasteiger partial charge in [0.15, 0.2) is 16.9 Å². The molecule has 2 unspecified atom stereocenters. The van der Waals surface area contributed by atoms with Crippen LogP contribution < -0.4 is 4.90 Å². The van der Waals surface area contributed by atoms with E-state index in [4.69, 9.17) is 15.6 Å². The number of aromatic nitrogens is 2. The lowest BCUT2D eigenvalue weighted by Crippen LogP contribution is -2.27. The molecule has 156 valence electrons. The first-order valence-electron chi connectivity index (χ1n) is 8.88. The molecule has 2 aromatic rings. The van der Waals surface area contributed by atoms with E-state index in [0.717, 1.165) is 32.5 Å². The van der Waals surface area contributed by atoms with E-state index in [0.29, 0.717) is 29.6 Å². The summed E-state index contributed by atoms with van der Waals surface area (Å²) in [5, 5.41) is 14.1. The Morgan fingerprint density at radius 1 is 1.41 bits per heavy atom. The normalized spacial score (nSPS) is 22.8. The molecule has 2 aliphatic heterocycles. The Labute approximate surface area is 171 Å². The zero-order valence-corrected chi connectivity index (χ0v) is 16.9. The smallest absolute Gasteiger partial charge is 0.285 e. The summed E-state index contributed by atoms with van der Waals surface area (Å²) >= 11 is -1.96. The van der Waals surface area contributed by atoms with E-state index in [1.165, 1.54) is 16.8 Å². The van der Waals surface area contributed by atoms with Gasteiger partial charge in [0.2, 0.25) is 0 Å². The summed E-state index contributed by atoms with van der Waals surface area (Å²) in [6.45, 7) is 2.91. The number of thioether (sulfide) groups is 1. The average molecular weight is 444 g/mol. The highest BCUT2D eigenvalue weighted by atomic mass is 32.2. The van der Waals surface area contributed by atoms with Crippen LogP contribution in [0.15, 0.2) is 23.4 Å². The Balaban J connectivity index is 1.73. The fourth-order valence-electron chi connectivity index (χ4n) is 3.88. The molecule has 2 atom stereocenters. The van der Waals surface area contributed by atoms with Gasteiger partial charge in [0, 0.05) is 31.3 Å². The van der Waals surface area contributed by atoms with Gasteiger partial charge in [-0.05, 0) is 30.7 Å². The molecular weight excluding hydrogens is 424 g/mol. The minimum absolute atomic E-state index is 0.0436.